The second-order valence-corrected chi connectivity index (χ2v) is 9.30. The molecule has 1 fully saturated rings. The molecule has 4 rings (SSSR count). The van der Waals surface area contributed by atoms with Gasteiger partial charge in [0.05, 0.1) is 6.04 Å². The lowest BCUT2D eigenvalue weighted by Gasteiger charge is -2.25. The highest BCUT2D eigenvalue weighted by Gasteiger charge is 2.30. The van der Waals surface area contributed by atoms with E-state index in [4.69, 9.17) is 5.73 Å². The maximum atomic E-state index is 13.9. The number of amides is 2. The minimum Gasteiger partial charge on any atom is -0.350 e. The Bertz CT molecular complexity index is 1180. The molecule has 0 aromatic heterocycles. The Hall–Kier alpha value is -3.29. The molecule has 4 N–H and O–H groups in total. The number of hydrogen-bond acceptors (Lipinski definition) is 4. The van der Waals surface area contributed by atoms with Crippen LogP contribution in [0.5, 0.6) is 0 Å². The fourth-order valence-corrected chi connectivity index (χ4v) is 4.70. The molecule has 7 heteroatoms. The lowest BCUT2D eigenvalue weighted by atomic mass is 10.1. The molecule has 0 aliphatic carbocycles. The van der Waals surface area contributed by atoms with Gasteiger partial charge in [-0.15, -0.1) is 0 Å². The Kier molecular flexibility index (Phi) is 8.10. The first kappa shape index (κ1) is 24.8. The standard InChI is InChI=1S/C28H33FN4O2/c1-19-13-20(15-24(29)14-19)18-33-12-10-25(32-26(28(33)35)7-4-11-30)17-31-27(34)23-9-8-21-5-2-3-6-22(21)16-23/h2-3,5-6,8-9,13-16,25-26,32H,4,7,10-12,17-18,30H2,1H3,(H,31,34)/t25-,26-/m0/s1. The largest absolute Gasteiger partial charge is 0.350 e. The summed E-state index contributed by atoms with van der Waals surface area (Å²) < 4.78 is 13.9. The lowest BCUT2D eigenvalue weighted by Crippen LogP contribution is -2.48. The van der Waals surface area contributed by atoms with Gasteiger partial charge in [-0.3, -0.25) is 9.59 Å². The monoisotopic (exact) mass is 476 g/mol. The topological polar surface area (TPSA) is 87.5 Å². The minimum atomic E-state index is -0.390. The number of fused-ring (bicyclic) bond motifs is 1. The van der Waals surface area contributed by atoms with Crippen molar-refractivity contribution in [2.75, 3.05) is 19.6 Å². The van der Waals surface area contributed by atoms with Crippen molar-refractivity contribution in [2.24, 2.45) is 5.73 Å². The molecular formula is C28H33FN4O2. The molecule has 2 atom stereocenters. The van der Waals surface area contributed by atoms with Gasteiger partial charge in [0.15, 0.2) is 0 Å². The molecule has 1 saturated heterocycles. The summed E-state index contributed by atoms with van der Waals surface area (Å²) in [6.07, 6.45) is 2.01. The van der Waals surface area contributed by atoms with Gasteiger partial charge in [0.2, 0.25) is 5.91 Å². The fraction of sp³-hybridized carbons (Fsp3) is 0.357. The van der Waals surface area contributed by atoms with Crippen LogP contribution in [-0.4, -0.2) is 48.4 Å². The first-order chi connectivity index (χ1) is 16.9. The van der Waals surface area contributed by atoms with Crippen LogP contribution in [0.3, 0.4) is 0 Å². The zero-order valence-electron chi connectivity index (χ0n) is 20.1. The zero-order chi connectivity index (χ0) is 24.8. The Morgan fingerprint density at radius 3 is 2.71 bits per heavy atom. The van der Waals surface area contributed by atoms with Gasteiger partial charge in [0, 0.05) is 31.2 Å². The number of nitrogens with two attached hydrogens (primary N) is 1. The fourth-order valence-electron chi connectivity index (χ4n) is 4.70. The smallest absolute Gasteiger partial charge is 0.251 e. The predicted octanol–water partition coefficient (Wildman–Crippen LogP) is 3.52. The Labute approximate surface area is 205 Å². The quantitative estimate of drug-likeness (QED) is 0.464. The molecule has 0 bridgehead atoms. The van der Waals surface area contributed by atoms with Crippen LogP contribution in [-0.2, 0) is 11.3 Å². The Morgan fingerprint density at radius 1 is 1.14 bits per heavy atom. The van der Waals surface area contributed by atoms with E-state index in [1.165, 1.54) is 12.1 Å². The summed E-state index contributed by atoms with van der Waals surface area (Å²) >= 11 is 0. The van der Waals surface area contributed by atoms with E-state index in [-0.39, 0.29) is 23.7 Å². The van der Waals surface area contributed by atoms with Crippen LogP contribution in [0.15, 0.2) is 60.7 Å². The number of benzene rings is 3. The van der Waals surface area contributed by atoms with Crippen LogP contribution < -0.4 is 16.4 Å². The van der Waals surface area contributed by atoms with Crippen molar-refractivity contribution < 1.29 is 14.0 Å². The van der Waals surface area contributed by atoms with Crippen LogP contribution in [0.25, 0.3) is 10.8 Å². The maximum absolute atomic E-state index is 13.9. The molecule has 35 heavy (non-hydrogen) atoms. The molecule has 6 nitrogen and oxygen atoms in total. The van der Waals surface area contributed by atoms with Gasteiger partial charge in [-0.1, -0.05) is 36.4 Å². The molecule has 0 unspecified atom stereocenters. The molecule has 184 valence electrons. The van der Waals surface area contributed by atoms with Gasteiger partial charge in [0.1, 0.15) is 5.82 Å². The van der Waals surface area contributed by atoms with Crippen molar-refractivity contribution in [1.29, 1.82) is 0 Å². The van der Waals surface area contributed by atoms with Gasteiger partial charge in [-0.2, -0.15) is 0 Å². The number of halogens is 1. The average Bonchev–Trinajstić information content (AvgIpc) is 2.99. The highest BCUT2D eigenvalue weighted by Crippen LogP contribution is 2.18. The van der Waals surface area contributed by atoms with Crippen LogP contribution >= 0.6 is 0 Å². The summed E-state index contributed by atoms with van der Waals surface area (Å²) in [6.45, 7) is 3.63. The summed E-state index contributed by atoms with van der Waals surface area (Å²) in [5.74, 6) is -0.447. The summed E-state index contributed by atoms with van der Waals surface area (Å²) in [4.78, 5) is 27.9. The van der Waals surface area contributed by atoms with Crippen LogP contribution in [0.1, 0.15) is 40.7 Å². The second kappa shape index (κ2) is 11.4. The highest BCUT2D eigenvalue weighted by molar-refractivity contribution is 5.98. The molecule has 3 aromatic carbocycles. The number of carbonyl (C=O) groups is 2. The van der Waals surface area contributed by atoms with Crippen molar-refractivity contribution in [1.82, 2.24) is 15.5 Å². The summed E-state index contributed by atoms with van der Waals surface area (Å²) in [7, 11) is 0. The molecule has 1 aliphatic heterocycles. The molecule has 0 radical (unpaired) electrons. The first-order valence-electron chi connectivity index (χ1n) is 12.2. The molecule has 0 spiro atoms. The predicted molar refractivity (Wildman–Crippen MR) is 136 cm³/mol. The molecule has 1 heterocycles. The number of hydrogen-bond donors (Lipinski definition) is 3. The zero-order valence-corrected chi connectivity index (χ0v) is 20.1. The van der Waals surface area contributed by atoms with Crippen molar-refractivity contribution in [3.8, 4) is 0 Å². The average molecular weight is 477 g/mol. The van der Waals surface area contributed by atoms with Gasteiger partial charge in [-0.05, 0) is 78.9 Å². The molecule has 0 saturated carbocycles. The Morgan fingerprint density at radius 2 is 1.94 bits per heavy atom. The van der Waals surface area contributed by atoms with E-state index in [2.05, 4.69) is 10.6 Å². The number of nitrogens with one attached hydrogen (secondary N) is 2. The van der Waals surface area contributed by atoms with Crippen molar-refractivity contribution in [3.05, 3.63) is 83.2 Å². The number of carbonyl (C=O) groups excluding carboxylic acids is 2. The summed E-state index contributed by atoms with van der Waals surface area (Å²) in [5, 5.41) is 8.57. The third-order valence-electron chi connectivity index (χ3n) is 6.49. The number of nitrogens with zero attached hydrogens (tertiary/aromatic N) is 1. The van der Waals surface area contributed by atoms with Crippen molar-refractivity contribution in [3.63, 3.8) is 0 Å². The molecular weight excluding hydrogens is 443 g/mol. The van der Waals surface area contributed by atoms with Gasteiger partial charge in [-0.25, -0.2) is 4.39 Å². The SMILES string of the molecule is Cc1cc(F)cc(CN2CC[C@@H](CNC(=O)c3ccc4ccccc4c3)N[C@@H](CCCN)C2=O)c1. The van der Waals surface area contributed by atoms with E-state index in [0.717, 1.165) is 21.9 Å². The van der Waals surface area contributed by atoms with Gasteiger partial charge >= 0.3 is 0 Å². The summed E-state index contributed by atoms with van der Waals surface area (Å²) in [5.41, 5.74) is 7.92. The van der Waals surface area contributed by atoms with Crippen LogP contribution in [0.2, 0.25) is 0 Å². The second-order valence-electron chi connectivity index (χ2n) is 9.30. The molecule has 3 aromatic rings. The maximum Gasteiger partial charge on any atom is 0.251 e. The van der Waals surface area contributed by atoms with Gasteiger partial charge in [0.25, 0.3) is 5.91 Å². The number of rotatable bonds is 8. The third-order valence-corrected chi connectivity index (χ3v) is 6.49. The van der Waals surface area contributed by atoms with E-state index in [9.17, 15) is 14.0 Å². The van der Waals surface area contributed by atoms with E-state index < -0.39 is 6.04 Å². The van der Waals surface area contributed by atoms with Crippen molar-refractivity contribution in [2.45, 2.75) is 44.8 Å². The highest BCUT2D eigenvalue weighted by atomic mass is 19.1. The van der Waals surface area contributed by atoms with Crippen molar-refractivity contribution >= 4 is 22.6 Å². The number of aryl methyl sites for hydroxylation is 1. The normalized spacial score (nSPS) is 18.5. The first-order valence-corrected chi connectivity index (χ1v) is 12.2. The lowest BCUT2D eigenvalue weighted by molar-refractivity contribution is -0.133. The Balaban J connectivity index is 1.43. The van der Waals surface area contributed by atoms with E-state index in [0.29, 0.717) is 51.0 Å². The minimum absolute atomic E-state index is 0.0104. The van der Waals surface area contributed by atoms with E-state index in [1.807, 2.05) is 55.5 Å². The third kappa shape index (κ3) is 6.44. The molecule has 2 amide bonds. The van der Waals surface area contributed by atoms with Crippen LogP contribution in [0.4, 0.5) is 4.39 Å². The van der Waals surface area contributed by atoms with Gasteiger partial charge < -0.3 is 21.3 Å². The molecule has 1 aliphatic rings. The van der Waals surface area contributed by atoms with Crippen LogP contribution in [0, 0.1) is 12.7 Å². The summed E-state index contributed by atoms with van der Waals surface area (Å²) in [6, 6.07) is 18.0. The van der Waals surface area contributed by atoms with E-state index in [1.54, 1.807) is 4.90 Å². The van der Waals surface area contributed by atoms with E-state index >= 15 is 0 Å².